The van der Waals surface area contributed by atoms with Crippen LogP contribution < -0.4 is 4.90 Å². The molecule has 0 aliphatic rings. The molecule has 220 valence electrons. The minimum atomic E-state index is 1.15. The zero-order chi connectivity index (χ0) is 30.9. The molecule has 0 N–H and O–H groups in total. The first kappa shape index (κ1) is 26.7. The minimum absolute atomic E-state index is 1.15. The van der Waals surface area contributed by atoms with E-state index in [2.05, 4.69) is 169 Å². The summed E-state index contributed by atoms with van der Waals surface area (Å²) in [7, 11) is 0. The molecule has 10 aromatic rings. The Hall–Kier alpha value is -5.48. The predicted octanol–water partition coefficient (Wildman–Crippen LogP) is 13.9. The van der Waals surface area contributed by atoms with Crippen LogP contribution in [0.4, 0.5) is 17.1 Å². The van der Waals surface area contributed by atoms with Crippen molar-refractivity contribution >= 4 is 102 Å². The van der Waals surface area contributed by atoms with Gasteiger partial charge in [0.15, 0.2) is 0 Å². The second-order valence-electron chi connectivity index (χ2n) is 12.1. The molecule has 0 saturated carbocycles. The molecule has 3 heteroatoms. The van der Waals surface area contributed by atoms with Gasteiger partial charge < -0.3 is 4.90 Å². The summed E-state index contributed by atoms with van der Waals surface area (Å²) in [4.78, 5) is 2.52. The van der Waals surface area contributed by atoms with Crippen LogP contribution in [0.15, 0.2) is 164 Å². The summed E-state index contributed by atoms with van der Waals surface area (Å²) < 4.78 is 5.23. The number of benzene rings is 8. The number of hydrogen-bond donors (Lipinski definition) is 0. The molecule has 8 aromatic carbocycles. The van der Waals surface area contributed by atoms with Gasteiger partial charge in [0, 0.05) is 41.3 Å². The molecule has 0 radical (unpaired) electrons. The van der Waals surface area contributed by atoms with E-state index in [1.54, 1.807) is 0 Å². The van der Waals surface area contributed by atoms with Crippen LogP contribution in [0.25, 0.3) is 73.0 Å². The van der Waals surface area contributed by atoms with Crippen LogP contribution in [0, 0.1) is 0 Å². The Labute approximate surface area is 280 Å². The Morgan fingerprint density at radius 2 is 1.04 bits per heavy atom. The summed E-state index contributed by atoms with van der Waals surface area (Å²) in [5.74, 6) is 0. The lowest BCUT2D eigenvalue weighted by molar-refractivity contribution is 1.33. The van der Waals surface area contributed by atoms with Crippen molar-refractivity contribution in [3.05, 3.63) is 164 Å². The Kier molecular flexibility index (Phi) is 5.98. The SMILES string of the molecule is c1ccc(-c2ccc(N(c3ccc4c(ccc5ccccc54)c3)c3cccc4c3sc3ccccc34)c3c2sc2ccccc23)cc1. The highest BCUT2D eigenvalue weighted by Crippen LogP contribution is 2.51. The largest absolute Gasteiger partial charge is 0.308 e. The number of rotatable bonds is 4. The van der Waals surface area contributed by atoms with Crippen LogP contribution in [0.2, 0.25) is 0 Å². The first-order valence-electron chi connectivity index (χ1n) is 15.9. The Balaban J connectivity index is 1.32. The summed E-state index contributed by atoms with van der Waals surface area (Å²) in [6, 6.07) is 60.2. The third kappa shape index (κ3) is 4.14. The normalized spacial score (nSPS) is 11.8. The lowest BCUT2D eigenvalue weighted by atomic mass is 9.99. The van der Waals surface area contributed by atoms with Crippen molar-refractivity contribution in [3.63, 3.8) is 0 Å². The second kappa shape index (κ2) is 10.5. The van der Waals surface area contributed by atoms with Gasteiger partial charge in [0.25, 0.3) is 0 Å². The summed E-state index contributed by atoms with van der Waals surface area (Å²) >= 11 is 3.78. The van der Waals surface area contributed by atoms with E-state index >= 15 is 0 Å². The van der Waals surface area contributed by atoms with Crippen LogP contribution in [0.5, 0.6) is 0 Å². The van der Waals surface area contributed by atoms with E-state index in [0.717, 1.165) is 5.69 Å². The second-order valence-corrected chi connectivity index (χ2v) is 14.2. The van der Waals surface area contributed by atoms with Crippen LogP contribution in [-0.4, -0.2) is 0 Å². The van der Waals surface area contributed by atoms with E-state index in [9.17, 15) is 0 Å². The predicted molar refractivity (Wildman–Crippen MR) is 207 cm³/mol. The smallest absolute Gasteiger partial charge is 0.0640 e. The Morgan fingerprint density at radius 1 is 0.383 bits per heavy atom. The minimum Gasteiger partial charge on any atom is -0.308 e. The molecule has 2 aromatic heterocycles. The molecule has 0 aliphatic carbocycles. The molecule has 0 aliphatic heterocycles. The zero-order valence-corrected chi connectivity index (χ0v) is 27.0. The molecule has 10 rings (SSSR count). The van der Waals surface area contributed by atoms with Crippen molar-refractivity contribution in [3.8, 4) is 11.1 Å². The maximum absolute atomic E-state index is 2.52. The number of thiophene rings is 2. The molecular formula is C44H27NS2. The van der Waals surface area contributed by atoms with Gasteiger partial charge in [0.1, 0.15) is 0 Å². The Morgan fingerprint density at radius 3 is 1.91 bits per heavy atom. The topological polar surface area (TPSA) is 3.24 Å². The van der Waals surface area contributed by atoms with Crippen molar-refractivity contribution in [1.29, 1.82) is 0 Å². The molecular weight excluding hydrogens is 607 g/mol. The van der Waals surface area contributed by atoms with Gasteiger partial charge in [-0.25, -0.2) is 0 Å². The monoisotopic (exact) mass is 633 g/mol. The van der Waals surface area contributed by atoms with E-state index in [1.807, 2.05) is 22.7 Å². The van der Waals surface area contributed by atoms with Crippen LogP contribution in [0.3, 0.4) is 0 Å². The van der Waals surface area contributed by atoms with Gasteiger partial charge in [-0.05, 0) is 69.1 Å². The fourth-order valence-electron chi connectivity index (χ4n) is 7.30. The van der Waals surface area contributed by atoms with Crippen molar-refractivity contribution < 1.29 is 0 Å². The van der Waals surface area contributed by atoms with Gasteiger partial charge in [-0.1, -0.05) is 127 Å². The summed E-state index contributed by atoms with van der Waals surface area (Å²) in [5.41, 5.74) is 6.07. The molecule has 0 spiro atoms. The van der Waals surface area contributed by atoms with E-state index in [1.165, 1.54) is 84.4 Å². The quantitative estimate of drug-likeness (QED) is 0.174. The first-order chi connectivity index (χ1) is 23.3. The fourth-order valence-corrected chi connectivity index (χ4v) is 9.76. The van der Waals surface area contributed by atoms with Gasteiger partial charge in [-0.15, -0.1) is 22.7 Å². The lowest BCUT2D eigenvalue weighted by Crippen LogP contribution is -2.10. The maximum atomic E-state index is 2.52. The molecule has 0 bridgehead atoms. The van der Waals surface area contributed by atoms with Gasteiger partial charge in [0.2, 0.25) is 0 Å². The van der Waals surface area contributed by atoms with Crippen molar-refractivity contribution in [1.82, 2.24) is 0 Å². The molecule has 0 saturated heterocycles. The van der Waals surface area contributed by atoms with Crippen LogP contribution in [-0.2, 0) is 0 Å². The summed E-state index contributed by atoms with van der Waals surface area (Å²) in [6.07, 6.45) is 0. The van der Waals surface area contributed by atoms with Crippen molar-refractivity contribution in [2.24, 2.45) is 0 Å². The third-order valence-electron chi connectivity index (χ3n) is 9.44. The summed E-state index contributed by atoms with van der Waals surface area (Å²) in [5, 5.41) is 10.3. The van der Waals surface area contributed by atoms with E-state index in [-0.39, 0.29) is 0 Å². The van der Waals surface area contributed by atoms with Crippen molar-refractivity contribution in [2.75, 3.05) is 4.90 Å². The molecule has 2 heterocycles. The highest BCUT2D eigenvalue weighted by atomic mass is 32.1. The molecule has 1 nitrogen and oxygen atoms in total. The average Bonchev–Trinajstić information content (AvgIpc) is 3.72. The number of hydrogen-bond acceptors (Lipinski definition) is 3. The molecule has 0 amide bonds. The van der Waals surface area contributed by atoms with E-state index in [4.69, 9.17) is 0 Å². The number of fused-ring (bicyclic) bond motifs is 9. The number of nitrogens with zero attached hydrogens (tertiary/aromatic N) is 1. The zero-order valence-electron chi connectivity index (χ0n) is 25.4. The van der Waals surface area contributed by atoms with E-state index < -0.39 is 0 Å². The molecule has 0 atom stereocenters. The standard InChI is InChI=1S/C44H27NS2/c1-2-11-28(12-3-1)34-25-26-38(42-37-16-7-9-20-41(37)47-44(34)42)45(39-18-10-17-36-35-15-6-8-19-40(35)46-43(36)39)31-23-24-33-30(27-31)22-21-29-13-4-5-14-32(29)33/h1-27H. The summed E-state index contributed by atoms with van der Waals surface area (Å²) in [6.45, 7) is 0. The third-order valence-corrected chi connectivity index (χ3v) is 11.9. The van der Waals surface area contributed by atoms with Crippen LogP contribution >= 0.6 is 22.7 Å². The Bertz CT molecular complexity index is 2810. The lowest BCUT2D eigenvalue weighted by Gasteiger charge is -2.28. The van der Waals surface area contributed by atoms with Gasteiger partial charge in [-0.2, -0.15) is 0 Å². The average molecular weight is 634 g/mol. The highest BCUT2D eigenvalue weighted by molar-refractivity contribution is 7.27. The maximum Gasteiger partial charge on any atom is 0.0640 e. The molecule has 0 fully saturated rings. The fraction of sp³-hybridized carbons (Fsp3) is 0. The van der Waals surface area contributed by atoms with Crippen LogP contribution in [0.1, 0.15) is 0 Å². The van der Waals surface area contributed by atoms with Gasteiger partial charge >= 0.3 is 0 Å². The highest BCUT2D eigenvalue weighted by Gasteiger charge is 2.23. The number of anilines is 3. The van der Waals surface area contributed by atoms with Gasteiger partial charge in [0.05, 0.1) is 16.1 Å². The first-order valence-corrected chi connectivity index (χ1v) is 17.6. The molecule has 47 heavy (non-hydrogen) atoms. The van der Waals surface area contributed by atoms with Crippen molar-refractivity contribution in [2.45, 2.75) is 0 Å². The van der Waals surface area contributed by atoms with Gasteiger partial charge in [-0.3, -0.25) is 0 Å². The molecule has 0 unspecified atom stereocenters. The van der Waals surface area contributed by atoms with E-state index in [0.29, 0.717) is 0 Å².